The van der Waals surface area contributed by atoms with Crippen LogP contribution in [0.4, 0.5) is 0 Å². The largest absolute Gasteiger partial charge is 0.337 e. The van der Waals surface area contributed by atoms with E-state index in [4.69, 9.17) is 0 Å². The molecule has 2 aromatic heterocycles. The SMILES string of the molecule is CCCC1CC(=O)N(Cc2cnc3ccc(I)cn23)C1. The molecule has 1 aliphatic rings. The summed E-state index contributed by atoms with van der Waals surface area (Å²) in [6.07, 6.45) is 6.96. The molecule has 4 nitrogen and oxygen atoms in total. The molecule has 0 bridgehead atoms. The van der Waals surface area contributed by atoms with Crippen LogP contribution >= 0.6 is 22.6 Å². The molecule has 1 aliphatic heterocycles. The van der Waals surface area contributed by atoms with Crippen LogP contribution in [0.15, 0.2) is 24.5 Å². The van der Waals surface area contributed by atoms with Crippen LogP contribution in [0.5, 0.6) is 0 Å². The van der Waals surface area contributed by atoms with Crippen LogP contribution in [0.25, 0.3) is 5.65 Å². The molecule has 1 unspecified atom stereocenters. The van der Waals surface area contributed by atoms with E-state index in [1.54, 1.807) is 0 Å². The van der Waals surface area contributed by atoms with E-state index in [1.165, 1.54) is 3.57 Å². The first-order valence-corrected chi connectivity index (χ1v) is 8.14. The Kier molecular flexibility index (Phi) is 3.96. The number of rotatable bonds is 4. The van der Waals surface area contributed by atoms with Crippen molar-refractivity contribution in [3.05, 3.63) is 33.8 Å². The Morgan fingerprint density at radius 2 is 2.30 bits per heavy atom. The smallest absolute Gasteiger partial charge is 0.223 e. The van der Waals surface area contributed by atoms with Gasteiger partial charge in [0.15, 0.2) is 0 Å². The summed E-state index contributed by atoms with van der Waals surface area (Å²) >= 11 is 2.30. The second-order valence-electron chi connectivity index (χ2n) is 5.46. The quantitative estimate of drug-likeness (QED) is 0.762. The van der Waals surface area contributed by atoms with Crippen molar-refractivity contribution in [3.63, 3.8) is 0 Å². The number of hydrogen-bond acceptors (Lipinski definition) is 2. The zero-order chi connectivity index (χ0) is 14.1. The molecular weight excluding hydrogens is 365 g/mol. The number of hydrogen-bond donors (Lipinski definition) is 0. The van der Waals surface area contributed by atoms with Crippen LogP contribution in [0.2, 0.25) is 0 Å². The molecule has 3 heterocycles. The van der Waals surface area contributed by atoms with Gasteiger partial charge < -0.3 is 9.30 Å². The van der Waals surface area contributed by atoms with Crippen LogP contribution in [-0.2, 0) is 11.3 Å². The Balaban J connectivity index is 1.80. The minimum Gasteiger partial charge on any atom is -0.337 e. The first-order valence-electron chi connectivity index (χ1n) is 7.06. The Morgan fingerprint density at radius 1 is 1.45 bits per heavy atom. The summed E-state index contributed by atoms with van der Waals surface area (Å²) in [5.41, 5.74) is 2.03. The van der Waals surface area contributed by atoms with E-state index >= 15 is 0 Å². The van der Waals surface area contributed by atoms with Gasteiger partial charge in [-0.3, -0.25) is 4.79 Å². The van der Waals surface area contributed by atoms with Crippen molar-refractivity contribution in [1.82, 2.24) is 14.3 Å². The summed E-state index contributed by atoms with van der Waals surface area (Å²) < 4.78 is 3.26. The third-order valence-electron chi connectivity index (χ3n) is 3.89. The average Bonchev–Trinajstić information content (AvgIpc) is 2.95. The summed E-state index contributed by atoms with van der Waals surface area (Å²) in [7, 11) is 0. The molecule has 2 aromatic rings. The van der Waals surface area contributed by atoms with Crippen LogP contribution in [0.3, 0.4) is 0 Å². The molecule has 0 aliphatic carbocycles. The third-order valence-corrected chi connectivity index (χ3v) is 4.53. The summed E-state index contributed by atoms with van der Waals surface area (Å²) in [6, 6.07) is 4.06. The molecule has 0 saturated carbocycles. The molecule has 1 fully saturated rings. The lowest BCUT2D eigenvalue weighted by Crippen LogP contribution is -2.25. The van der Waals surface area contributed by atoms with Crippen LogP contribution in [0.1, 0.15) is 31.9 Å². The van der Waals surface area contributed by atoms with Crippen LogP contribution in [0, 0.1) is 9.49 Å². The third kappa shape index (κ3) is 2.68. The molecule has 1 saturated heterocycles. The van der Waals surface area contributed by atoms with E-state index in [9.17, 15) is 4.79 Å². The van der Waals surface area contributed by atoms with E-state index in [-0.39, 0.29) is 5.91 Å². The van der Waals surface area contributed by atoms with Crippen molar-refractivity contribution in [2.75, 3.05) is 6.54 Å². The summed E-state index contributed by atoms with van der Waals surface area (Å²) in [5.74, 6) is 0.816. The van der Waals surface area contributed by atoms with Gasteiger partial charge in [0.1, 0.15) is 5.65 Å². The second kappa shape index (κ2) is 5.71. The number of likely N-dealkylation sites (tertiary alicyclic amines) is 1. The van der Waals surface area contributed by atoms with Gasteiger partial charge in [0.2, 0.25) is 5.91 Å². The molecular formula is C15H18IN3O. The van der Waals surface area contributed by atoms with Gasteiger partial charge in [-0.2, -0.15) is 0 Å². The van der Waals surface area contributed by atoms with Gasteiger partial charge in [-0.25, -0.2) is 4.98 Å². The number of carbonyl (C=O) groups excluding carboxylic acids is 1. The predicted octanol–water partition coefficient (Wildman–Crippen LogP) is 3.09. The fourth-order valence-electron chi connectivity index (χ4n) is 2.93. The molecule has 1 atom stereocenters. The lowest BCUT2D eigenvalue weighted by molar-refractivity contribution is -0.128. The lowest BCUT2D eigenvalue weighted by atomic mass is 10.0. The molecule has 0 aromatic carbocycles. The summed E-state index contributed by atoms with van der Waals surface area (Å²) in [5, 5.41) is 0. The molecule has 106 valence electrons. The molecule has 0 spiro atoms. The lowest BCUT2D eigenvalue weighted by Gasteiger charge is -2.16. The van der Waals surface area contributed by atoms with Crippen molar-refractivity contribution in [1.29, 1.82) is 0 Å². The highest BCUT2D eigenvalue weighted by Gasteiger charge is 2.29. The van der Waals surface area contributed by atoms with Crippen molar-refractivity contribution < 1.29 is 4.79 Å². The van der Waals surface area contributed by atoms with Gasteiger partial charge in [-0.15, -0.1) is 0 Å². The number of nitrogens with zero attached hydrogens (tertiary/aromatic N) is 3. The van der Waals surface area contributed by atoms with Crippen molar-refractivity contribution >= 4 is 34.1 Å². The maximum absolute atomic E-state index is 12.1. The fourth-order valence-corrected chi connectivity index (χ4v) is 3.38. The Labute approximate surface area is 132 Å². The standard InChI is InChI=1S/C15H18IN3O/c1-2-3-11-6-15(20)18(8-11)10-13-7-17-14-5-4-12(16)9-19(13)14/h4-5,7,9,11H,2-3,6,8,10H2,1H3. The molecule has 5 heteroatoms. The van der Waals surface area contributed by atoms with E-state index < -0.39 is 0 Å². The van der Waals surface area contributed by atoms with Gasteiger partial charge >= 0.3 is 0 Å². The van der Waals surface area contributed by atoms with Crippen molar-refractivity contribution in [2.45, 2.75) is 32.7 Å². The Bertz CT molecular complexity index is 637. The minimum atomic E-state index is 0.282. The fraction of sp³-hybridized carbons (Fsp3) is 0.467. The Morgan fingerprint density at radius 3 is 3.10 bits per heavy atom. The maximum Gasteiger partial charge on any atom is 0.223 e. The van der Waals surface area contributed by atoms with Gasteiger partial charge in [0, 0.05) is 22.7 Å². The predicted molar refractivity (Wildman–Crippen MR) is 86.3 cm³/mol. The van der Waals surface area contributed by atoms with Gasteiger partial charge in [0.25, 0.3) is 0 Å². The monoisotopic (exact) mass is 383 g/mol. The van der Waals surface area contributed by atoms with Crippen molar-refractivity contribution in [2.24, 2.45) is 5.92 Å². The minimum absolute atomic E-state index is 0.282. The Hall–Kier alpha value is -1.11. The van der Waals surface area contributed by atoms with Gasteiger partial charge in [0.05, 0.1) is 18.4 Å². The molecule has 0 N–H and O–H groups in total. The second-order valence-corrected chi connectivity index (χ2v) is 6.70. The number of imidazole rings is 1. The van der Waals surface area contributed by atoms with Gasteiger partial charge in [-0.1, -0.05) is 13.3 Å². The number of pyridine rings is 1. The van der Waals surface area contributed by atoms with E-state index in [0.29, 0.717) is 18.9 Å². The number of amides is 1. The highest BCUT2D eigenvalue weighted by atomic mass is 127. The van der Waals surface area contributed by atoms with E-state index in [0.717, 1.165) is 30.7 Å². The highest BCUT2D eigenvalue weighted by Crippen LogP contribution is 2.24. The molecule has 3 rings (SSSR count). The first kappa shape index (κ1) is 13.9. The first-order chi connectivity index (χ1) is 9.67. The molecule has 0 radical (unpaired) electrons. The van der Waals surface area contributed by atoms with Gasteiger partial charge in [-0.05, 0) is 47.1 Å². The number of carbonyl (C=O) groups is 1. The number of aromatic nitrogens is 2. The van der Waals surface area contributed by atoms with Crippen LogP contribution in [-0.4, -0.2) is 26.7 Å². The van der Waals surface area contributed by atoms with Crippen LogP contribution < -0.4 is 0 Å². The number of fused-ring (bicyclic) bond motifs is 1. The van der Waals surface area contributed by atoms with Crippen molar-refractivity contribution in [3.8, 4) is 0 Å². The summed E-state index contributed by atoms with van der Waals surface area (Å²) in [4.78, 5) is 18.5. The molecule has 1 amide bonds. The van der Waals surface area contributed by atoms with E-state index in [2.05, 4.69) is 45.1 Å². The highest BCUT2D eigenvalue weighted by molar-refractivity contribution is 14.1. The summed E-state index contributed by atoms with van der Waals surface area (Å²) in [6.45, 7) is 3.74. The van der Waals surface area contributed by atoms with E-state index in [1.807, 2.05) is 23.2 Å². The zero-order valence-corrected chi connectivity index (χ0v) is 13.7. The topological polar surface area (TPSA) is 37.6 Å². The maximum atomic E-state index is 12.1. The zero-order valence-electron chi connectivity index (χ0n) is 11.6. The average molecular weight is 383 g/mol. The number of halogens is 1. The normalized spacial score (nSPS) is 19.2. The molecule has 20 heavy (non-hydrogen) atoms.